The third-order valence-electron chi connectivity index (χ3n) is 3.14. The molecule has 3 heteroatoms. The van der Waals surface area contributed by atoms with E-state index in [1.54, 1.807) is 11.3 Å². The molecular weight excluding hydrogens is 220 g/mol. The molecule has 0 aliphatic heterocycles. The van der Waals surface area contributed by atoms with Crippen LogP contribution in [-0.2, 0) is 4.74 Å². The average Bonchev–Trinajstić information content (AvgIpc) is 2.61. The van der Waals surface area contributed by atoms with Gasteiger partial charge in [-0.3, -0.25) is 4.79 Å². The van der Waals surface area contributed by atoms with E-state index in [0.717, 1.165) is 23.8 Å². The molecule has 1 aromatic rings. The molecule has 0 radical (unpaired) electrons. The first-order valence-electron chi connectivity index (χ1n) is 5.93. The fourth-order valence-electron chi connectivity index (χ4n) is 1.85. The molecule has 2 nitrogen and oxygen atoms in total. The van der Waals surface area contributed by atoms with Gasteiger partial charge in [-0.1, -0.05) is 19.3 Å². The number of aryl methyl sites for hydroxylation is 1. The normalized spacial score (nSPS) is 16.1. The van der Waals surface area contributed by atoms with Crippen LogP contribution in [0.2, 0.25) is 0 Å². The minimum absolute atomic E-state index is 0.117. The Morgan fingerprint density at radius 3 is 2.88 bits per heavy atom. The van der Waals surface area contributed by atoms with Crippen LogP contribution in [0, 0.1) is 12.8 Å². The number of hydrogen-bond acceptors (Lipinski definition) is 3. The minimum Gasteiger partial charge on any atom is -0.373 e. The molecule has 0 unspecified atom stereocenters. The van der Waals surface area contributed by atoms with Gasteiger partial charge in [0, 0.05) is 11.5 Å². The molecule has 0 amide bonds. The summed E-state index contributed by atoms with van der Waals surface area (Å²) in [4.78, 5) is 13.7. The second kappa shape index (κ2) is 5.60. The molecule has 1 aliphatic carbocycles. The van der Waals surface area contributed by atoms with Gasteiger partial charge in [-0.2, -0.15) is 0 Å². The van der Waals surface area contributed by atoms with E-state index < -0.39 is 0 Å². The summed E-state index contributed by atoms with van der Waals surface area (Å²) >= 11 is 1.55. The van der Waals surface area contributed by atoms with Crippen molar-refractivity contribution in [1.82, 2.24) is 0 Å². The number of ketones is 1. The molecule has 1 heterocycles. The fourth-order valence-corrected chi connectivity index (χ4v) is 2.64. The first-order valence-corrected chi connectivity index (χ1v) is 6.75. The SMILES string of the molecule is Cc1ccc(C(=O)COCCC2CCC2)s1. The largest absolute Gasteiger partial charge is 0.373 e. The Bertz CT molecular complexity index is 353. The van der Waals surface area contributed by atoms with Crippen molar-refractivity contribution in [2.45, 2.75) is 32.6 Å². The quantitative estimate of drug-likeness (QED) is 0.560. The molecule has 0 N–H and O–H groups in total. The Balaban J connectivity index is 1.63. The first kappa shape index (κ1) is 11.8. The molecule has 0 saturated heterocycles. The van der Waals surface area contributed by atoms with Crippen LogP contribution in [0.25, 0.3) is 0 Å². The molecule has 2 rings (SSSR count). The van der Waals surface area contributed by atoms with Crippen LogP contribution in [0.1, 0.15) is 40.2 Å². The highest BCUT2D eigenvalue weighted by Gasteiger charge is 2.17. The van der Waals surface area contributed by atoms with E-state index in [-0.39, 0.29) is 12.4 Å². The molecule has 1 aliphatic rings. The number of carbonyl (C=O) groups excluding carboxylic acids is 1. The van der Waals surface area contributed by atoms with Crippen LogP contribution in [0.5, 0.6) is 0 Å². The van der Waals surface area contributed by atoms with Crippen LogP contribution in [0.4, 0.5) is 0 Å². The van der Waals surface area contributed by atoms with Gasteiger partial charge in [0.15, 0.2) is 5.78 Å². The zero-order valence-corrected chi connectivity index (χ0v) is 10.5. The zero-order valence-electron chi connectivity index (χ0n) is 9.70. The van der Waals surface area contributed by atoms with Gasteiger partial charge in [0.2, 0.25) is 0 Å². The van der Waals surface area contributed by atoms with Crippen molar-refractivity contribution in [2.75, 3.05) is 13.2 Å². The smallest absolute Gasteiger partial charge is 0.198 e. The molecular formula is C13H18O2S. The van der Waals surface area contributed by atoms with Gasteiger partial charge in [0.25, 0.3) is 0 Å². The highest BCUT2D eigenvalue weighted by Crippen LogP contribution is 2.29. The standard InChI is InChI=1S/C13H18O2S/c1-10-5-6-13(16-10)12(14)9-15-8-7-11-3-2-4-11/h5-6,11H,2-4,7-9H2,1H3. The average molecular weight is 238 g/mol. The predicted octanol–water partition coefficient (Wildman–Crippen LogP) is 3.45. The Hall–Kier alpha value is -0.670. The summed E-state index contributed by atoms with van der Waals surface area (Å²) in [7, 11) is 0. The molecule has 16 heavy (non-hydrogen) atoms. The van der Waals surface area contributed by atoms with E-state index >= 15 is 0 Å². The van der Waals surface area contributed by atoms with Gasteiger partial charge in [-0.05, 0) is 31.4 Å². The van der Waals surface area contributed by atoms with Gasteiger partial charge in [0.1, 0.15) is 6.61 Å². The van der Waals surface area contributed by atoms with Crippen LogP contribution in [0.15, 0.2) is 12.1 Å². The lowest BCUT2D eigenvalue weighted by Gasteiger charge is -2.24. The van der Waals surface area contributed by atoms with E-state index in [4.69, 9.17) is 4.74 Å². The second-order valence-electron chi connectivity index (χ2n) is 4.47. The van der Waals surface area contributed by atoms with Crippen LogP contribution in [-0.4, -0.2) is 19.0 Å². The van der Waals surface area contributed by atoms with E-state index in [9.17, 15) is 4.79 Å². The van der Waals surface area contributed by atoms with Crippen molar-refractivity contribution in [1.29, 1.82) is 0 Å². The number of thiophene rings is 1. The lowest BCUT2D eigenvalue weighted by atomic mass is 9.83. The predicted molar refractivity (Wildman–Crippen MR) is 66.2 cm³/mol. The van der Waals surface area contributed by atoms with E-state index in [1.165, 1.54) is 24.1 Å². The number of Topliss-reactive ketones (excluding diaryl/α,β-unsaturated/α-hetero) is 1. The van der Waals surface area contributed by atoms with Crippen LogP contribution in [0.3, 0.4) is 0 Å². The van der Waals surface area contributed by atoms with Gasteiger partial charge in [-0.25, -0.2) is 0 Å². The lowest BCUT2D eigenvalue weighted by molar-refractivity contribution is 0.0708. The van der Waals surface area contributed by atoms with E-state index in [1.807, 2.05) is 19.1 Å². The number of ether oxygens (including phenoxy) is 1. The number of carbonyl (C=O) groups is 1. The zero-order chi connectivity index (χ0) is 11.4. The molecule has 0 spiro atoms. The summed E-state index contributed by atoms with van der Waals surface area (Å²) in [6, 6.07) is 3.86. The van der Waals surface area contributed by atoms with E-state index in [0.29, 0.717) is 0 Å². The maximum atomic E-state index is 11.7. The molecule has 1 saturated carbocycles. The Kier molecular flexibility index (Phi) is 4.13. The number of rotatable bonds is 6. The van der Waals surface area contributed by atoms with Crippen LogP contribution < -0.4 is 0 Å². The third-order valence-corrected chi connectivity index (χ3v) is 4.19. The summed E-state index contributed by atoms with van der Waals surface area (Å²) < 4.78 is 5.42. The molecule has 0 bridgehead atoms. The molecule has 1 fully saturated rings. The van der Waals surface area contributed by atoms with Crippen molar-refractivity contribution in [3.63, 3.8) is 0 Å². The minimum atomic E-state index is 0.117. The van der Waals surface area contributed by atoms with Gasteiger partial charge < -0.3 is 4.74 Å². The van der Waals surface area contributed by atoms with Gasteiger partial charge >= 0.3 is 0 Å². The van der Waals surface area contributed by atoms with Crippen molar-refractivity contribution >= 4 is 17.1 Å². The van der Waals surface area contributed by atoms with Crippen molar-refractivity contribution in [3.8, 4) is 0 Å². The summed E-state index contributed by atoms with van der Waals surface area (Å²) in [5.41, 5.74) is 0. The topological polar surface area (TPSA) is 26.3 Å². The molecule has 0 aromatic carbocycles. The molecule has 88 valence electrons. The van der Waals surface area contributed by atoms with Crippen molar-refractivity contribution < 1.29 is 9.53 Å². The van der Waals surface area contributed by atoms with Crippen molar-refractivity contribution in [2.24, 2.45) is 5.92 Å². The first-order chi connectivity index (χ1) is 7.75. The number of hydrogen-bond donors (Lipinski definition) is 0. The summed E-state index contributed by atoms with van der Waals surface area (Å²) in [6.07, 6.45) is 5.19. The molecule has 0 atom stereocenters. The van der Waals surface area contributed by atoms with Crippen molar-refractivity contribution in [3.05, 3.63) is 21.9 Å². The van der Waals surface area contributed by atoms with Gasteiger partial charge in [-0.15, -0.1) is 11.3 Å². The highest BCUT2D eigenvalue weighted by molar-refractivity contribution is 7.14. The maximum Gasteiger partial charge on any atom is 0.198 e. The Labute approximate surface area is 101 Å². The summed E-state index contributed by atoms with van der Waals surface area (Å²) in [5, 5.41) is 0. The molecule has 1 aromatic heterocycles. The second-order valence-corrected chi connectivity index (χ2v) is 5.76. The Morgan fingerprint density at radius 2 is 2.31 bits per heavy atom. The lowest BCUT2D eigenvalue weighted by Crippen LogP contribution is -2.15. The van der Waals surface area contributed by atoms with Gasteiger partial charge in [0.05, 0.1) is 4.88 Å². The van der Waals surface area contributed by atoms with Crippen LogP contribution >= 0.6 is 11.3 Å². The maximum absolute atomic E-state index is 11.7. The highest BCUT2D eigenvalue weighted by atomic mass is 32.1. The summed E-state index contributed by atoms with van der Waals surface area (Å²) in [6.45, 7) is 2.99. The Morgan fingerprint density at radius 1 is 1.50 bits per heavy atom. The third kappa shape index (κ3) is 3.16. The summed E-state index contributed by atoms with van der Waals surface area (Å²) in [5.74, 6) is 0.978. The monoisotopic (exact) mass is 238 g/mol. The fraction of sp³-hybridized carbons (Fsp3) is 0.615. The van der Waals surface area contributed by atoms with E-state index in [2.05, 4.69) is 0 Å².